The highest BCUT2D eigenvalue weighted by Crippen LogP contribution is 2.24. The number of benzene rings is 2. The zero-order valence-corrected chi connectivity index (χ0v) is 12.8. The highest BCUT2D eigenvalue weighted by Gasteiger charge is 2.09. The van der Waals surface area contributed by atoms with Crippen molar-refractivity contribution in [1.82, 2.24) is 0 Å². The average Bonchev–Trinajstić information content (AvgIpc) is 2.46. The molecule has 0 saturated carbocycles. The Labute approximate surface area is 130 Å². The third-order valence-electron chi connectivity index (χ3n) is 2.81. The molecule has 0 saturated heterocycles. The molecule has 2 N–H and O–H groups in total. The molecule has 0 aliphatic rings. The van der Waals surface area contributed by atoms with Crippen LogP contribution in [0.2, 0.25) is 5.02 Å². The van der Waals surface area contributed by atoms with Crippen LogP contribution in [0.15, 0.2) is 46.9 Å². The Morgan fingerprint density at radius 1 is 1.30 bits per heavy atom. The Bertz CT molecular complexity index is 655. The van der Waals surface area contributed by atoms with Crippen LogP contribution in [0, 0.1) is 11.3 Å². The van der Waals surface area contributed by atoms with Crippen molar-refractivity contribution >= 4 is 33.2 Å². The summed E-state index contributed by atoms with van der Waals surface area (Å²) in [4.78, 5) is 0. The number of nitriles is 1. The molecule has 0 amide bonds. The van der Waals surface area contributed by atoms with Gasteiger partial charge in [0.1, 0.15) is 0 Å². The van der Waals surface area contributed by atoms with Crippen molar-refractivity contribution in [1.29, 1.82) is 5.26 Å². The Hall–Kier alpha value is -1.54. The number of hydrogen-bond donors (Lipinski definition) is 2. The van der Waals surface area contributed by atoms with Gasteiger partial charge in [-0.1, -0.05) is 39.7 Å². The van der Waals surface area contributed by atoms with Crippen LogP contribution in [-0.4, -0.2) is 11.7 Å². The molecule has 0 fully saturated rings. The summed E-state index contributed by atoms with van der Waals surface area (Å²) in [5.74, 6) is 0. The van der Waals surface area contributed by atoms with Crippen molar-refractivity contribution in [2.24, 2.45) is 0 Å². The van der Waals surface area contributed by atoms with E-state index in [4.69, 9.17) is 16.9 Å². The van der Waals surface area contributed by atoms with Gasteiger partial charge in [-0.25, -0.2) is 0 Å². The van der Waals surface area contributed by atoms with E-state index >= 15 is 0 Å². The molecule has 0 aromatic heterocycles. The van der Waals surface area contributed by atoms with Crippen molar-refractivity contribution in [3.63, 3.8) is 0 Å². The van der Waals surface area contributed by atoms with Gasteiger partial charge in [0.15, 0.2) is 0 Å². The first-order valence-electron chi connectivity index (χ1n) is 5.97. The van der Waals surface area contributed by atoms with E-state index in [0.717, 1.165) is 10.0 Å². The van der Waals surface area contributed by atoms with E-state index in [1.54, 1.807) is 18.2 Å². The number of nitrogens with one attached hydrogen (secondary N) is 1. The summed E-state index contributed by atoms with van der Waals surface area (Å²) in [5.41, 5.74) is 1.97. The third kappa shape index (κ3) is 3.73. The van der Waals surface area contributed by atoms with E-state index in [1.165, 1.54) is 0 Å². The molecule has 0 heterocycles. The predicted octanol–water partition coefficient (Wildman–Crippen LogP) is 4.12. The average molecular weight is 352 g/mol. The molecular weight excluding hydrogens is 340 g/mol. The minimum absolute atomic E-state index is 0.311. The SMILES string of the molecule is N#Cc1ccc(Cl)c(NCC(O)c2cccc(Br)c2)c1. The van der Waals surface area contributed by atoms with E-state index in [1.807, 2.05) is 24.3 Å². The van der Waals surface area contributed by atoms with Crippen LogP contribution in [-0.2, 0) is 0 Å². The van der Waals surface area contributed by atoms with Crippen molar-refractivity contribution < 1.29 is 5.11 Å². The number of aliphatic hydroxyl groups excluding tert-OH is 1. The van der Waals surface area contributed by atoms with Crippen LogP contribution in [0.1, 0.15) is 17.2 Å². The van der Waals surface area contributed by atoms with E-state index in [9.17, 15) is 5.11 Å². The summed E-state index contributed by atoms with van der Waals surface area (Å²) in [6.07, 6.45) is -0.658. The molecule has 0 aliphatic carbocycles. The minimum Gasteiger partial charge on any atom is -0.387 e. The Balaban J connectivity index is 2.07. The topological polar surface area (TPSA) is 56.0 Å². The van der Waals surface area contributed by atoms with Gasteiger partial charge in [0, 0.05) is 11.0 Å². The monoisotopic (exact) mass is 350 g/mol. The summed E-state index contributed by atoms with van der Waals surface area (Å²) in [6.45, 7) is 0.311. The van der Waals surface area contributed by atoms with Gasteiger partial charge < -0.3 is 10.4 Å². The lowest BCUT2D eigenvalue weighted by Gasteiger charge is -2.14. The minimum atomic E-state index is -0.658. The van der Waals surface area contributed by atoms with Gasteiger partial charge in [-0.3, -0.25) is 0 Å². The molecule has 1 unspecified atom stereocenters. The van der Waals surface area contributed by atoms with Gasteiger partial charge in [0.2, 0.25) is 0 Å². The highest BCUT2D eigenvalue weighted by atomic mass is 79.9. The molecule has 2 rings (SSSR count). The molecule has 5 heteroatoms. The Morgan fingerprint density at radius 2 is 2.10 bits per heavy atom. The maximum Gasteiger partial charge on any atom is 0.0992 e. The predicted molar refractivity (Wildman–Crippen MR) is 83.8 cm³/mol. The first kappa shape index (κ1) is 14.9. The standard InChI is InChI=1S/C15H12BrClN2O/c16-12-3-1-2-11(7-12)15(20)9-19-14-6-10(8-18)4-5-13(14)17/h1-7,15,19-20H,9H2. The Kier molecular flexibility index (Phi) is 5.02. The zero-order valence-electron chi connectivity index (χ0n) is 10.5. The molecule has 102 valence electrons. The number of nitrogens with zero attached hydrogens (tertiary/aromatic N) is 1. The van der Waals surface area contributed by atoms with Crippen molar-refractivity contribution in [2.75, 3.05) is 11.9 Å². The maximum atomic E-state index is 10.1. The van der Waals surface area contributed by atoms with Gasteiger partial charge in [-0.2, -0.15) is 5.26 Å². The van der Waals surface area contributed by atoms with Crippen LogP contribution in [0.5, 0.6) is 0 Å². The number of halogens is 2. The molecule has 0 spiro atoms. The molecule has 2 aromatic rings. The Morgan fingerprint density at radius 3 is 2.80 bits per heavy atom. The number of anilines is 1. The maximum absolute atomic E-state index is 10.1. The lowest BCUT2D eigenvalue weighted by Crippen LogP contribution is -2.12. The quantitative estimate of drug-likeness (QED) is 0.871. The summed E-state index contributed by atoms with van der Waals surface area (Å²) < 4.78 is 0.915. The van der Waals surface area contributed by atoms with E-state index in [2.05, 4.69) is 27.3 Å². The third-order valence-corrected chi connectivity index (χ3v) is 3.64. The lowest BCUT2D eigenvalue weighted by molar-refractivity contribution is 0.191. The van der Waals surface area contributed by atoms with E-state index in [-0.39, 0.29) is 0 Å². The molecule has 1 atom stereocenters. The summed E-state index contributed by atoms with van der Waals surface area (Å²) in [5, 5.41) is 22.6. The fourth-order valence-electron chi connectivity index (χ4n) is 1.77. The van der Waals surface area contributed by atoms with Gasteiger partial charge in [-0.05, 0) is 35.9 Å². The molecule has 20 heavy (non-hydrogen) atoms. The molecule has 2 aromatic carbocycles. The summed E-state index contributed by atoms with van der Waals surface area (Å²) in [6, 6.07) is 14.5. The lowest BCUT2D eigenvalue weighted by atomic mass is 10.1. The first-order chi connectivity index (χ1) is 9.60. The van der Waals surface area contributed by atoms with Gasteiger partial charge in [-0.15, -0.1) is 0 Å². The smallest absolute Gasteiger partial charge is 0.0992 e. The van der Waals surface area contributed by atoms with E-state index in [0.29, 0.717) is 22.8 Å². The zero-order chi connectivity index (χ0) is 14.5. The van der Waals surface area contributed by atoms with E-state index < -0.39 is 6.10 Å². The number of aliphatic hydroxyl groups is 1. The normalized spacial score (nSPS) is 11.7. The molecule has 0 radical (unpaired) electrons. The first-order valence-corrected chi connectivity index (χ1v) is 7.14. The van der Waals surface area contributed by atoms with Crippen molar-refractivity contribution in [3.8, 4) is 6.07 Å². The number of rotatable bonds is 4. The summed E-state index contributed by atoms with van der Waals surface area (Å²) >= 11 is 9.42. The fraction of sp³-hybridized carbons (Fsp3) is 0.133. The van der Waals surface area contributed by atoms with Crippen LogP contribution < -0.4 is 5.32 Å². The van der Waals surface area contributed by atoms with Crippen molar-refractivity contribution in [2.45, 2.75) is 6.10 Å². The molecule has 0 aliphatic heterocycles. The second-order valence-corrected chi connectivity index (χ2v) is 5.58. The second kappa shape index (κ2) is 6.76. The van der Waals surface area contributed by atoms with Crippen LogP contribution in [0.3, 0.4) is 0 Å². The molecule has 3 nitrogen and oxygen atoms in total. The van der Waals surface area contributed by atoms with Gasteiger partial charge >= 0.3 is 0 Å². The van der Waals surface area contributed by atoms with Crippen molar-refractivity contribution in [3.05, 3.63) is 63.1 Å². The van der Waals surface area contributed by atoms with Crippen LogP contribution >= 0.6 is 27.5 Å². The van der Waals surface area contributed by atoms with Gasteiger partial charge in [0.05, 0.1) is 28.4 Å². The fourth-order valence-corrected chi connectivity index (χ4v) is 2.37. The number of hydrogen-bond acceptors (Lipinski definition) is 3. The molecular formula is C15H12BrClN2O. The highest BCUT2D eigenvalue weighted by molar-refractivity contribution is 9.10. The van der Waals surface area contributed by atoms with Crippen LogP contribution in [0.4, 0.5) is 5.69 Å². The largest absolute Gasteiger partial charge is 0.387 e. The summed E-state index contributed by atoms with van der Waals surface area (Å²) in [7, 11) is 0. The van der Waals surface area contributed by atoms with Gasteiger partial charge in [0.25, 0.3) is 0 Å². The second-order valence-electron chi connectivity index (χ2n) is 4.26. The van der Waals surface area contributed by atoms with Crippen LogP contribution in [0.25, 0.3) is 0 Å². The molecule has 0 bridgehead atoms.